The number of aromatic nitrogens is 4. The summed E-state index contributed by atoms with van der Waals surface area (Å²) in [5, 5.41) is 26.1. The molecule has 2 aromatic heterocycles. The summed E-state index contributed by atoms with van der Waals surface area (Å²) in [5.41, 5.74) is 5.68. The smallest absolute Gasteiger partial charge is 0.405 e. The topological polar surface area (TPSA) is 172 Å². The van der Waals surface area contributed by atoms with E-state index in [1.807, 2.05) is 24.3 Å². The molecule has 1 atom stereocenters. The van der Waals surface area contributed by atoms with Crippen molar-refractivity contribution in [1.82, 2.24) is 30.0 Å². The number of nitrogens with zero attached hydrogens (tertiary/aromatic N) is 6. The summed E-state index contributed by atoms with van der Waals surface area (Å²) in [6.07, 6.45) is 2.63. The number of hydrogen-bond donors (Lipinski definition) is 3. The minimum atomic E-state index is -1.28. The molecule has 1 saturated heterocycles. The van der Waals surface area contributed by atoms with Gasteiger partial charge in [0.15, 0.2) is 5.65 Å². The molecule has 5 rings (SSSR count). The maximum absolute atomic E-state index is 15.5. The van der Waals surface area contributed by atoms with Crippen LogP contribution in [-0.4, -0.2) is 59.9 Å². The molecule has 1 fully saturated rings. The second-order valence-electron chi connectivity index (χ2n) is 10.7. The molecular formula is C30H29FN8O4. The van der Waals surface area contributed by atoms with Gasteiger partial charge >= 0.3 is 6.09 Å². The molecule has 43 heavy (non-hydrogen) atoms. The largest absolute Gasteiger partial charge is 0.465 e. The first-order valence-electron chi connectivity index (χ1n) is 13.5. The van der Waals surface area contributed by atoms with Crippen molar-refractivity contribution in [2.75, 3.05) is 12.3 Å². The highest BCUT2D eigenvalue weighted by molar-refractivity contribution is 5.99. The van der Waals surface area contributed by atoms with Crippen LogP contribution in [0.25, 0.3) is 22.3 Å². The fraction of sp³-hybridized carbons (Fsp3) is 0.267. The number of rotatable bonds is 8. The van der Waals surface area contributed by atoms with E-state index >= 15 is 4.39 Å². The van der Waals surface area contributed by atoms with E-state index in [1.54, 1.807) is 47.7 Å². The first kappa shape index (κ1) is 29.0. The molecule has 1 unspecified atom stereocenters. The average molecular weight is 585 g/mol. The Hall–Kier alpha value is -5.51. The third-order valence-electron chi connectivity index (χ3n) is 7.04. The van der Waals surface area contributed by atoms with Gasteiger partial charge in [-0.1, -0.05) is 18.2 Å². The van der Waals surface area contributed by atoms with Crippen LogP contribution in [0.15, 0.2) is 66.5 Å². The van der Waals surface area contributed by atoms with Crippen molar-refractivity contribution in [2.45, 2.75) is 44.8 Å². The Morgan fingerprint density at radius 1 is 1.23 bits per heavy atom. The van der Waals surface area contributed by atoms with Crippen molar-refractivity contribution in [1.29, 1.82) is 5.26 Å². The van der Waals surface area contributed by atoms with E-state index in [0.29, 0.717) is 41.9 Å². The molecule has 0 saturated carbocycles. The molecule has 3 heterocycles. The predicted octanol–water partition coefficient (Wildman–Crippen LogP) is 4.49. The van der Waals surface area contributed by atoms with Crippen LogP contribution in [0, 0.1) is 17.1 Å². The Labute approximate surface area is 246 Å². The highest BCUT2D eigenvalue weighted by Crippen LogP contribution is 2.35. The summed E-state index contributed by atoms with van der Waals surface area (Å²) < 4.78 is 22.8. The number of para-hydroxylation sites is 1. The summed E-state index contributed by atoms with van der Waals surface area (Å²) >= 11 is 0. The molecule has 1 aliphatic rings. The number of amides is 2. The fourth-order valence-corrected chi connectivity index (χ4v) is 5.18. The number of nitrogens with two attached hydrogens (primary N) is 1. The zero-order valence-electron chi connectivity index (χ0n) is 23.5. The summed E-state index contributed by atoms with van der Waals surface area (Å²) in [7, 11) is 0. The van der Waals surface area contributed by atoms with Crippen LogP contribution in [0.3, 0.4) is 0 Å². The number of nitrogen functional groups attached to an aromatic ring is 1. The lowest BCUT2D eigenvalue weighted by molar-refractivity contribution is -0.127. The van der Waals surface area contributed by atoms with E-state index in [4.69, 9.17) is 15.6 Å². The second kappa shape index (κ2) is 11.8. The van der Waals surface area contributed by atoms with Gasteiger partial charge in [-0.25, -0.2) is 23.8 Å². The number of carbonyl (C=O) groups excluding carboxylic acids is 1. The molecule has 0 spiro atoms. The van der Waals surface area contributed by atoms with E-state index in [-0.39, 0.29) is 35.2 Å². The number of likely N-dealkylation sites (tertiary alicyclic amines) is 1. The lowest BCUT2D eigenvalue weighted by Gasteiger charge is -2.26. The van der Waals surface area contributed by atoms with Gasteiger partial charge in [-0.15, -0.1) is 0 Å². The Bertz CT molecular complexity index is 1760. The SMILES string of the molecule is CC(C)(/C=C(\C#N)C(=O)N1CCCC1Cn1nc(-c2ccc(Oc3ccccc3)cc2F)c2c(N)ncnc21)NC(=O)O. The van der Waals surface area contributed by atoms with Gasteiger partial charge in [0.2, 0.25) is 0 Å². The number of hydrogen-bond acceptors (Lipinski definition) is 8. The van der Waals surface area contributed by atoms with E-state index in [2.05, 4.69) is 20.4 Å². The first-order valence-corrected chi connectivity index (χ1v) is 13.5. The highest BCUT2D eigenvalue weighted by Gasteiger charge is 2.33. The molecule has 2 aromatic carbocycles. The monoisotopic (exact) mass is 584 g/mol. The molecule has 0 radical (unpaired) electrons. The fourth-order valence-electron chi connectivity index (χ4n) is 5.18. The van der Waals surface area contributed by atoms with Crippen molar-refractivity contribution in [3.05, 3.63) is 72.3 Å². The van der Waals surface area contributed by atoms with Crippen molar-refractivity contribution in [3.8, 4) is 28.8 Å². The van der Waals surface area contributed by atoms with Gasteiger partial charge in [0.1, 0.15) is 46.8 Å². The number of ether oxygens (including phenoxy) is 1. The summed E-state index contributed by atoms with van der Waals surface area (Å²) in [5.74, 6) is -0.103. The average Bonchev–Trinajstić information content (AvgIpc) is 3.57. The number of anilines is 1. The normalized spacial score (nSPS) is 15.3. The molecule has 0 bridgehead atoms. The minimum Gasteiger partial charge on any atom is -0.465 e. The number of nitrogens with one attached hydrogen (secondary N) is 1. The Kier molecular flexibility index (Phi) is 7.94. The number of carboxylic acid groups (broad SMARTS) is 1. The Balaban J connectivity index is 1.45. The number of benzene rings is 2. The molecular weight excluding hydrogens is 555 g/mol. The van der Waals surface area contributed by atoms with E-state index in [1.165, 1.54) is 18.5 Å². The van der Waals surface area contributed by atoms with Crippen LogP contribution in [0.5, 0.6) is 11.5 Å². The maximum Gasteiger partial charge on any atom is 0.405 e. The van der Waals surface area contributed by atoms with Gasteiger partial charge in [0.05, 0.1) is 23.5 Å². The molecule has 4 aromatic rings. The molecule has 2 amide bonds. The van der Waals surface area contributed by atoms with Crippen LogP contribution in [0.2, 0.25) is 0 Å². The summed E-state index contributed by atoms with van der Waals surface area (Å²) in [6.45, 7) is 3.70. The number of fused-ring (bicyclic) bond motifs is 1. The van der Waals surface area contributed by atoms with Crippen molar-refractivity contribution >= 4 is 28.9 Å². The number of nitriles is 1. The van der Waals surface area contributed by atoms with Crippen molar-refractivity contribution < 1.29 is 23.8 Å². The number of carbonyl (C=O) groups is 2. The minimum absolute atomic E-state index is 0.123. The lowest BCUT2D eigenvalue weighted by atomic mass is 10.0. The van der Waals surface area contributed by atoms with Crippen LogP contribution < -0.4 is 15.8 Å². The van der Waals surface area contributed by atoms with Gasteiger partial charge in [-0.3, -0.25) is 4.79 Å². The zero-order chi connectivity index (χ0) is 30.7. The van der Waals surface area contributed by atoms with E-state index in [9.17, 15) is 14.9 Å². The van der Waals surface area contributed by atoms with Gasteiger partial charge < -0.3 is 25.8 Å². The van der Waals surface area contributed by atoms with Crippen molar-refractivity contribution in [3.63, 3.8) is 0 Å². The summed E-state index contributed by atoms with van der Waals surface area (Å²) in [4.78, 5) is 34.6. The van der Waals surface area contributed by atoms with Crippen LogP contribution >= 0.6 is 0 Å². The molecule has 12 nitrogen and oxygen atoms in total. The number of halogens is 1. The third-order valence-corrected chi connectivity index (χ3v) is 7.04. The van der Waals surface area contributed by atoms with E-state index in [0.717, 1.165) is 0 Å². The zero-order valence-corrected chi connectivity index (χ0v) is 23.5. The van der Waals surface area contributed by atoms with Crippen LogP contribution in [-0.2, 0) is 11.3 Å². The lowest BCUT2D eigenvalue weighted by Crippen LogP contribution is -2.43. The molecule has 13 heteroatoms. The standard InChI is InChI=1S/C30H29FN8O4/c1-30(2,36-29(41)42)14-18(15-32)28(40)38-12-6-7-19(38)16-39-27-24(26(33)34-17-35-27)25(37-39)22-11-10-21(13-23(22)31)43-20-8-4-3-5-9-20/h3-5,8-11,13-14,17,19,36H,6-7,12,16H2,1-2H3,(H,41,42)(H2,33,34,35)/b18-14+. The first-order chi connectivity index (χ1) is 20.6. The predicted molar refractivity (Wildman–Crippen MR) is 155 cm³/mol. The molecule has 220 valence electrons. The Morgan fingerprint density at radius 2 is 2.00 bits per heavy atom. The van der Waals surface area contributed by atoms with Crippen LogP contribution in [0.1, 0.15) is 26.7 Å². The van der Waals surface area contributed by atoms with Gasteiger partial charge in [0, 0.05) is 18.2 Å². The van der Waals surface area contributed by atoms with Gasteiger partial charge in [-0.05, 0) is 57.0 Å². The van der Waals surface area contributed by atoms with E-state index < -0.39 is 23.4 Å². The summed E-state index contributed by atoms with van der Waals surface area (Å²) in [6, 6.07) is 15.0. The van der Waals surface area contributed by atoms with Crippen molar-refractivity contribution in [2.24, 2.45) is 0 Å². The Morgan fingerprint density at radius 3 is 2.70 bits per heavy atom. The molecule has 1 aliphatic heterocycles. The van der Waals surface area contributed by atoms with Gasteiger partial charge in [0.25, 0.3) is 5.91 Å². The van der Waals surface area contributed by atoms with Gasteiger partial charge in [-0.2, -0.15) is 10.4 Å². The third kappa shape index (κ3) is 6.23. The second-order valence-corrected chi connectivity index (χ2v) is 10.7. The molecule has 4 N–H and O–H groups in total. The molecule has 0 aliphatic carbocycles. The maximum atomic E-state index is 15.5. The quantitative estimate of drug-likeness (QED) is 0.199. The highest BCUT2D eigenvalue weighted by atomic mass is 19.1. The van der Waals surface area contributed by atoms with Crippen LogP contribution in [0.4, 0.5) is 15.0 Å².